The molecule has 0 saturated carbocycles. The average molecular weight is 158 g/mol. The molecule has 0 rings (SSSR count). The van der Waals surface area contributed by atoms with Crippen molar-refractivity contribution in [2.75, 3.05) is 27.7 Å². The molecule has 0 heterocycles. The Bertz CT molecular complexity index is 93.7. The summed E-state index contributed by atoms with van der Waals surface area (Å²) in [7, 11) is 6.59. The molecule has 0 atom stereocenters. The molecule has 0 aromatic heterocycles. The minimum atomic E-state index is 0.127. The third-order valence-electron chi connectivity index (χ3n) is 0.695. The van der Waals surface area contributed by atoms with Crippen molar-refractivity contribution in [1.82, 2.24) is 10.2 Å². The molecular weight excluding hydrogens is 139 g/mol. The van der Waals surface area contributed by atoms with Crippen LogP contribution in [0, 0.1) is 0 Å². The highest BCUT2D eigenvalue weighted by Crippen LogP contribution is 1.62. The lowest BCUT2D eigenvalue weighted by Crippen LogP contribution is -2.24. The van der Waals surface area contributed by atoms with E-state index in [1.807, 2.05) is 39.8 Å². The predicted molar refractivity (Wildman–Crippen MR) is 51.7 cm³/mol. The van der Waals surface area contributed by atoms with E-state index in [9.17, 15) is 4.79 Å². The van der Waals surface area contributed by atoms with Gasteiger partial charge in [-0.05, 0) is 28.1 Å². The number of carbonyl (C=O) groups is 1. The number of amides is 1. The van der Waals surface area contributed by atoms with Gasteiger partial charge in [0.15, 0.2) is 5.81 Å². The highest BCUT2D eigenvalue weighted by molar-refractivity contribution is 6.72. The third-order valence-corrected chi connectivity index (χ3v) is 0.695. The molecule has 0 spiro atoms. The molecule has 0 fully saturated rings. The van der Waals surface area contributed by atoms with Crippen LogP contribution in [0.4, 0.5) is 4.79 Å². The maximum absolute atomic E-state index is 10.3. The Kier molecular flexibility index (Phi) is 11.3. The summed E-state index contributed by atoms with van der Waals surface area (Å²) >= 11 is 0. The Morgan fingerprint density at radius 3 is 1.91 bits per heavy atom. The molecule has 1 N–H and O–H groups in total. The van der Waals surface area contributed by atoms with Crippen molar-refractivity contribution in [3.05, 3.63) is 0 Å². The van der Waals surface area contributed by atoms with Gasteiger partial charge in [-0.2, -0.15) is 0 Å². The van der Waals surface area contributed by atoms with E-state index in [2.05, 4.69) is 5.32 Å². The van der Waals surface area contributed by atoms with Gasteiger partial charge in [0, 0.05) is 6.54 Å². The van der Waals surface area contributed by atoms with Crippen molar-refractivity contribution in [3.8, 4) is 0 Å². The minimum absolute atomic E-state index is 0.127. The standard InChI is InChI=1S/C4H10BNO.C3H9N/c1-3-6-4(7)5-2;1-4(2)3/h5H,3H2,1-2H3,(H,6,7);1-3H3. The Balaban J connectivity index is 0. The Morgan fingerprint density at radius 2 is 1.82 bits per heavy atom. The minimum Gasteiger partial charge on any atom is -0.365 e. The van der Waals surface area contributed by atoms with E-state index in [1.54, 1.807) is 0 Å². The summed E-state index contributed by atoms with van der Waals surface area (Å²) in [6, 6.07) is 0. The number of rotatable bonds is 2. The predicted octanol–water partition coefficient (Wildman–Crippen LogP) is 0.378. The van der Waals surface area contributed by atoms with Gasteiger partial charge in [-0.3, -0.25) is 4.79 Å². The summed E-state index contributed by atoms with van der Waals surface area (Å²) in [5.74, 6) is 0.127. The molecule has 0 aromatic rings. The lowest BCUT2D eigenvalue weighted by molar-refractivity contribution is 0.259. The summed E-state index contributed by atoms with van der Waals surface area (Å²) in [6.45, 7) is 4.49. The molecule has 0 aliphatic carbocycles. The molecule has 3 nitrogen and oxygen atoms in total. The third kappa shape index (κ3) is 26.4. The van der Waals surface area contributed by atoms with Crippen molar-refractivity contribution >= 4 is 13.1 Å². The van der Waals surface area contributed by atoms with E-state index >= 15 is 0 Å². The first kappa shape index (κ1) is 13.1. The fourth-order valence-corrected chi connectivity index (χ4v) is 0.322. The lowest BCUT2D eigenvalue weighted by Gasteiger charge is -1.93. The van der Waals surface area contributed by atoms with Crippen LogP contribution in [-0.2, 0) is 0 Å². The zero-order valence-corrected chi connectivity index (χ0v) is 8.27. The van der Waals surface area contributed by atoms with Crippen LogP contribution in [0.25, 0.3) is 0 Å². The molecule has 0 radical (unpaired) electrons. The number of nitrogens with one attached hydrogen (secondary N) is 1. The summed E-state index contributed by atoms with van der Waals surface area (Å²) in [5, 5.41) is 2.66. The quantitative estimate of drug-likeness (QED) is 0.589. The summed E-state index contributed by atoms with van der Waals surface area (Å²) in [5.41, 5.74) is 0. The normalized spacial score (nSPS) is 8.18. The zero-order chi connectivity index (χ0) is 9.28. The van der Waals surface area contributed by atoms with E-state index < -0.39 is 0 Å². The largest absolute Gasteiger partial charge is 0.365 e. The topological polar surface area (TPSA) is 32.3 Å². The van der Waals surface area contributed by atoms with Gasteiger partial charge in [-0.15, -0.1) is 0 Å². The van der Waals surface area contributed by atoms with Crippen LogP contribution in [-0.4, -0.2) is 45.7 Å². The van der Waals surface area contributed by atoms with Gasteiger partial charge >= 0.3 is 0 Å². The second-order valence-corrected chi connectivity index (χ2v) is 2.65. The Morgan fingerprint density at radius 1 is 1.45 bits per heavy atom. The van der Waals surface area contributed by atoms with Crippen molar-refractivity contribution in [1.29, 1.82) is 0 Å². The van der Waals surface area contributed by atoms with Crippen LogP contribution < -0.4 is 5.32 Å². The molecule has 66 valence electrons. The maximum atomic E-state index is 10.3. The van der Waals surface area contributed by atoms with Crippen LogP contribution in [0.2, 0.25) is 6.82 Å². The van der Waals surface area contributed by atoms with Crippen LogP contribution in [0.15, 0.2) is 0 Å². The molecule has 0 bridgehead atoms. The van der Waals surface area contributed by atoms with Gasteiger partial charge in [-0.1, -0.05) is 6.82 Å². The molecule has 1 amide bonds. The fourth-order valence-electron chi connectivity index (χ4n) is 0.322. The van der Waals surface area contributed by atoms with Crippen LogP contribution in [0.3, 0.4) is 0 Å². The van der Waals surface area contributed by atoms with E-state index in [-0.39, 0.29) is 5.81 Å². The first-order chi connectivity index (χ1) is 5.04. The molecule has 0 saturated heterocycles. The van der Waals surface area contributed by atoms with Crippen molar-refractivity contribution < 1.29 is 4.79 Å². The van der Waals surface area contributed by atoms with Crippen LogP contribution in [0.1, 0.15) is 6.92 Å². The van der Waals surface area contributed by atoms with E-state index in [1.165, 1.54) is 0 Å². The average Bonchev–Trinajstić information content (AvgIpc) is 1.87. The van der Waals surface area contributed by atoms with E-state index in [4.69, 9.17) is 0 Å². The van der Waals surface area contributed by atoms with Gasteiger partial charge < -0.3 is 10.2 Å². The van der Waals surface area contributed by atoms with Gasteiger partial charge in [0.25, 0.3) is 0 Å². The summed E-state index contributed by atoms with van der Waals surface area (Å²) < 4.78 is 0. The first-order valence-electron chi connectivity index (χ1n) is 3.92. The van der Waals surface area contributed by atoms with Gasteiger partial charge in [0.05, 0.1) is 0 Å². The highest BCUT2D eigenvalue weighted by Gasteiger charge is 1.90. The second-order valence-electron chi connectivity index (χ2n) is 2.65. The lowest BCUT2D eigenvalue weighted by atomic mass is 9.81. The molecule has 4 heteroatoms. The monoisotopic (exact) mass is 158 g/mol. The summed E-state index contributed by atoms with van der Waals surface area (Å²) in [4.78, 5) is 12.3. The van der Waals surface area contributed by atoms with E-state index in [0.717, 1.165) is 6.54 Å². The summed E-state index contributed by atoms with van der Waals surface area (Å²) in [6.07, 6.45) is 0. The van der Waals surface area contributed by atoms with Gasteiger partial charge in [-0.25, -0.2) is 0 Å². The van der Waals surface area contributed by atoms with Gasteiger partial charge in [0.1, 0.15) is 0 Å². The Labute approximate surface area is 70.4 Å². The molecule has 0 aromatic carbocycles. The SMILES string of the molecule is CBC(=O)NCC.CN(C)C. The number of carbonyl (C=O) groups excluding carboxylic acids is 1. The van der Waals surface area contributed by atoms with Crippen LogP contribution >= 0.6 is 0 Å². The Hall–Kier alpha value is -0.505. The molecular formula is C7H19BN2O. The molecule has 0 unspecified atom stereocenters. The van der Waals surface area contributed by atoms with Crippen molar-refractivity contribution in [3.63, 3.8) is 0 Å². The zero-order valence-electron chi connectivity index (χ0n) is 8.27. The second kappa shape index (κ2) is 9.49. The molecule has 11 heavy (non-hydrogen) atoms. The van der Waals surface area contributed by atoms with E-state index in [0.29, 0.717) is 7.28 Å². The molecule has 0 aliphatic rings. The maximum Gasteiger partial charge on any atom is 0.230 e. The molecule has 0 aliphatic heterocycles. The van der Waals surface area contributed by atoms with Gasteiger partial charge in [0.2, 0.25) is 7.28 Å². The van der Waals surface area contributed by atoms with Crippen LogP contribution in [0.5, 0.6) is 0 Å². The first-order valence-corrected chi connectivity index (χ1v) is 3.92. The van der Waals surface area contributed by atoms with Crippen molar-refractivity contribution in [2.24, 2.45) is 0 Å². The van der Waals surface area contributed by atoms with Crippen molar-refractivity contribution in [2.45, 2.75) is 13.7 Å². The number of hydrogen-bond donors (Lipinski definition) is 1. The smallest absolute Gasteiger partial charge is 0.230 e. The highest BCUT2D eigenvalue weighted by atomic mass is 16.1. The number of nitrogens with zero attached hydrogens (tertiary/aromatic N) is 1. The number of hydrogen-bond acceptors (Lipinski definition) is 2. The fraction of sp³-hybridized carbons (Fsp3) is 0.857.